The van der Waals surface area contributed by atoms with Crippen molar-refractivity contribution in [3.63, 3.8) is 0 Å². The van der Waals surface area contributed by atoms with E-state index < -0.39 is 0 Å². The summed E-state index contributed by atoms with van der Waals surface area (Å²) in [4.78, 5) is 17.7. The second kappa shape index (κ2) is 6.74. The largest absolute Gasteiger partial charge is 0.506 e. The summed E-state index contributed by atoms with van der Waals surface area (Å²) in [5.41, 5.74) is 4.11. The summed E-state index contributed by atoms with van der Waals surface area (Å²) in [5, 5.41) is 14.7. The molecule has 0 aliphatic carbocycles. The Morgan fingerprint density at radius 1 is 1.23 bits per heavy atom. The lowest BCUT2D eigenvalue weighted by Gasteiger charge is -2.27. The van der Waals surface area contributed by atoms with Crippen molar-refractivity contribution < 1.29 is 9.90 Å². The van der Waals surface area contributed by atoms with Gasteiger partial charge in [0.15, 0.2) is 0 Å². The normalized spacial score (nSPS) is 13.7. The van der Waals surface area contributed by atoms with E-state index in [-0.39, 0.29) is 11.8 Å². The molecule has 2 amide bonds. The molecule has 1 aliphatic heterocycles. The van der Waals surface area contributed by atoms with Crippen LogP contribution < -0.4 is 5.32 Å². The molecule has 26 heavy (non-hydrogen) atoms. The number of hydrogen-bond acceptors (Lipinski definition) is 2. The minimum Gasteiger partial charge on any atom is -0.506 e. The van der Waals surface area contributed by atoms with Gasteiger partial charge in [0.25, 0.3) is 0 Å². The van der Waals surface area contributed by atoms with Crippen molar-refractivity contribution >= 4 is 40.1 Å². The van der Waals surface area contributed by atoms with Crippen LogP contribution in [0.1, 0.15) is 16.8 Å². The first-order valence-electron chi connectivity index (χ1n) is 8.30. The van der Waals surface area contributed by atoms with Crippen LogP contribution in [0.2, 0.25) is 10.0 Å². The van der Waals surface area contributed by atoms with Crippen molar-refractivity contribution in [1.82, 2.24) is 15.2 Å². The number of benzene rings is 2. The molecule has 1 aromatic heterocycles. The van der Waals surface area contributed by atoms with Gasteiger partial charge in [0, 0.05) is 34.7 Å². The lowest BCUT2D eigenvalue weighted by Crippen LogP contribution is -2.42. The zero-order chi connectivity index (χ0) is 18.3. The first-order valence-corrected chi connectivity index (χ1v) is 9.06. The second-order valence-corrected chi connectivity index (χ2v) is 7.23. The van der Waals surface area contributed by atoms with Crippen LogP contribution in [0.5, 0.6) is 5.75 Å². The second-order valence-electron chi connectivity index (χ2n) is 6.39. The predicted octanol–water partition coefficient (Wildman–Crippen LogP) is 4.45. The number of aromatic nitrogens is 1. The molecule has 0 radical (unpaired) electrons. The fraction of sp³-hybridized carbons (Fsp3) is 0.211. The zero-order valence-electron chi connectivity index (χ0n) is 13.9. The lowest BCUT2D eigenvalue weighted by molar-refractivity contribution is 0.191. The number of aromatic amines is 1. The number of hydrogen-bond donors (Lipinski definition) is 3. The summed E-state index contributed by atoms with van der Waals surface area (Å²) in [5.74, 6) is 0.0118. The molecular weight excluding hydrogens is 373 g/mol. The van der Waals surface area contributed by atoms with Crippen LogP contribution in [0, 0.1) is 0 Å². The van der Waals surface area contributed by atoms with Crippen molar-refractivity contribution in [3.05, 3.63) is 63.3 Å². The van der Waals surface area contributed by atoms with Crippen LogP contribution in [-0.4, -0.2) is 27.6 Å². The van der Waals surface area contributed by atoms with E-state index in [1.165, 1.54) is 5.56 Å². The molecule has 0 unspecified atom stereocenters. The first kappa shape index (κ1) is 17.1. The maximum atomic E-state index is 12.5. The molecule has 0 bridgehead atoms. The van der Waals surface area contributed by atoms with Crippen LogP contribution in [-0.2, 0) is 19.5 Å². The first-order chi connectivity index (χ1) is 12.5. The molecule has 1 aliphatic rings. The van der Waals surface area contributed by atoms with Crippen LogP contribution >= 0.6 is 23.2 Å². The third-order valence-corrected chi connectivity index (χ3v) is 5.23. The molecule has 134 valence electrons. The molecule has 2 heterocycles. The monoisotopic (exact) mass is 389 g/mol. The Hall–Kier alpha value is -2.37. The van der Waals surface area contributed by atoms with Gasteiger partial charge in [-0.15, -0.1) is 0 Å². The van der Waals surface area contributed by atoms with Gasteiger partial charge < -0.3 is 20.3 Å². The Morgan fingerprint density at radius 3 is 2.88 bits per heavy atom. The molecule has 0 saturated heterocycles. The Labute approximate surface area is 160 Å². The third-order valence-electron chi connectivity index (χ3n) is 4.68. The molecule has 0 spiro atoms. The molecule has 5 nitrogen and oxygen atoms in total. The molecule has 0 atom stereocenters. The maximum absolute atomic E-state index is 12.5. The molecule has 3 aromatic rings. The topological polar surface area (TPSA) is 68.4 Å². The van der Waals surface area contributed by atoms with Crippen molar-refractivity contribution in [2.24, 2.45) is 0 Å². The Balaban J connectivity index is 1.45. The van der Waals surface area contributed by atoms with E-state index in [2.05, 4.69) is 10.3 Å². The molecule has 3 N–H and O–H groups in total. The highest BCUT2D eigenvalue weighted by Crippen LogP contribution is 2.29. The number of phenolic OH excluding ortho intramolecular Hbond substituents is 1. The van der Waals surface area contributed by atoms with Gasteiger partial charge in [-0.2, -0.15) is 0 Å². The summed E-state index contributed by atoms with van der Waals surface area (Å²) in [6, 6.07) is 10.6. The third kappa shape index (κ3) is 3.20. The summed E-state index contributed by atoms with van der Waals surface area (Å²) >= 11 is 11.9. The van der Waals surface area contributed by atoms with Crippen LogP contribution in [0.25, 0.3) is 10.9 Å². The van der Waals surface area contributed by atoms with Gasteiger partial charge >= 0.3 is 6.03 Å². The van der Waals surface area contributed by atoms with Crippen molar-refractivity contribution in [2.45, 2.75) is 19.5 Å². The number of carbonyl (C=O) groups is 1. The number of H-pyrrole nitrogens is 1. The zero-order valence-corrected chi connectivity index (χ0v) is 15.4. The van der Waals surface area contributed by atoms with E-state index in [0.717, 1.165) is 28.6 Å². The number of halogens is 2. The number of carbonyl (C=O) groups excluding carboxylic acids is 1. The highest BCUT2D eigenvalue weighted by Gasteiger charge is 2.23. The molecule has 2 aromatic carbocycles. The minimum atomic E-state index is -0.137. The fourth-order valence-electron chi connectivity index (χ4n) is 3.34. The van der Waals surface area contributed by atoms with Gasteiger partial charge in [-0.1, -0.05) is 29.3 Å². The fourth-order valence-corrected chi connectivity index (χ4v) is 3.63. The highest BCUT2D eigenvalue weighted by molar-refractivity contribution is 6.32. The Morgan fingerprint density at radius 2 is 2.08 bits per heavy atom. The lowest BCUT2D eigenvalue weighted by atomic mass is 10.0. The standard InChI is InChI=1S/C19H17Cl2N3O2/c20-12-2-4-16-14(8-12)13-5-6-24(10-17(13)23-16)19(26)22-9-11-1-3-15(21)18(25)7-11/h1-4,7-8,23,25H,5-6,9-10H2,(H,22,26). The highest BCUT2D eigenvalue weighted by atomic mass is 35.5. The van der Waals surface area contributed by atoms with Crippen LogP contribution in [0.15, 0.2) is 36.4 Å². The summed E-state index contributed by atoms with van der Waals surface area (Å²) in [6.07, 6.45) is 0.783. The maximum Gasteiger partial charge on any atom is 0.318 e. The molecule has 0 fully saturated rings. The van der Waals surface area contributed by atoms with Crippen molar-refractivity contribution in [1.29, 1.82) is 0 Å². The van der Waals surface area contributed by atoms with E-state index >= 15 is 0 Å². The number of amides is 2. The molecule has 4 rings (SSSR count). The van der Waals surface area contributed by atoms with E-state index in [1.54, 1.807) is 23.1 Å². The van der Waals surface area contributed by atoms with Gasteiger partial charge in [0.1, 0.15) is 5.75 Å². The quantitative estimate of drug-likeness (QED) is 0.605. The number of urea groups is 1. The van der Waals surface area contributed by atoms with Gasteiger partial charge in [0.05, 0.1) is 11.6 Å². The van der Waals surface area contributed by atoms with Crippen LogP contribution in [0.4, 0.5) is 4.79 Å². The molecular formula is C19H17Cl2N3O2. The van der Waals surface area contributed by atoms with E-state index in [9.17, 15) is 9.90 Å². The number of rotatable bonds is 2. The SMILES string of the molecule is O=C(NCc1ccc(Cl)c(O)c1)N1CCc2c([nH]c3ccc(Cl)cc23)C1. The van der Waals surface area contributed by atoms with E-state index in [1.807, 2.05) is 18.2 Å². The van der Waals surface area contributed by atoms with E-state index in [4.69, 9.17) is 23.2 Å². The number of phenols is 1. The van der Waals surface area contributed by atoms with E-state index in [0.29, 0.717) is 29.7 Å². The van der Waals surface area contributed by atoms with Crippen molar-refractivity contribution in [2.75, 3.05) is 6.54 Å². The molecule has 7 heteroatoms. The van der Waals surface area contributed by atoms with Crippen LogP contribution in [0.3, 0.4) is 0 Å². The summed E-state index contributed by atoms with van der Waals surface area (Å²) in [7, 11) is 0. The van der Waals surface area contributed by atoms with Crippen molar-refractivity contribution in [3.8, 4) is 5.75 Å². The number of nitrogens with one attached hydrogen (secondary N) is 2. The Bertz CT molecular complexity index is 1000. The average Bonchev–Trinajstić information content (AvgIpc) is 2.99. The predicted molar refractivity (Wildman–Crippen MR) is 103 cm³/mol. The smallest absolute Gasteiger partial charge is 0.318 e. The van der Waals surface area contributed by atoms with Gasteiger partial charge in [-0.3, -0.25) is 0 Å². The summed E-state index contributed by atoms with van der Waals surface area (Å²) in [6.45, 7) is 1.50. The van der Waals surface area contributed by atoms with Gasteiger partial charge in [0.2, 0.25) is 0 Å². The molecule has 0 saturated carbocycles. The number of aromatic hydroxyl groups is 1. The summed E-state index contributed by atoms with van der Waals surface area (Å²) < 4.78 is 0. The minimum absolute atomic E-state index is 0.0118. The number of nitrogens with zero attached hydrogens (tertiary/aromatic N) is 1. The number of fused-ring (bicyclic) bond motifs is 3. The van der Waals surface area contributed by atoms with Gasteiger partial charge in [-0.05, 0) is 47.9 Å². The Kier molecular flexibility index (Phi) is 4.42. The average molecular weight is 390 g/mol. The van der Waals surface area contributed by atoms with Gasteiger partial charge in [-0.25, -0.2) is 4.79 Å².